The van der Waals surface area contributed by atoms with Gasteiger partial charge in [-0.1, -0.05) is 0 Å². The molecule has 4 heteroatoms. The summed E-state index contributed by atoms with van der Waals surface area (Å²) < 4.78 is 5.07. The molecule has 0 saturated carbocycles. The summed E-state index contributed by atoms with van der Waals surface area (Å²) in [6.07, 6.45) is -2.57. The minimum atomic E-state index is -0.883. The number of aliphatic hydroxyl groups is 3. The molecule has 4 atom stereocenters. The summed E-state index contributed by atoms with van der Waals surface area (Å²) in [4.78, 5) is 0. The Hall–Kier alpha value is -0.160. The largest absolute Gasteiger partial charge is 0.391 e. The zero-order valence-electron chi connectivity index (χ0n) is 7.77. The zero-order chi connectivity index (χ0) is 9.72. The van der Waals surface area contributed by atoms with E-state index in [9.17, 15) is 0 Å². The molecule has 0 aromatic carbocycles. The van der Waals surface area contributed by atoms with Gasteiger partial charge in [-0.2, -0.15) is 0 Å². The summed E-state index contributed by atoms with van der Waals surface area (Å²) in [6.45, 7) is 4.85. The second kappa shape index (κ2) is 5.48. The molecule has 0 saturated heterocycles. The Labute approximate surface area is 72.8 Å². The van der Waals surface area contributed by atoms with E-state index in [2.05, 4.69) is 0 Å². The Kier molecular flexibility index (Phi) is 5.41. The van der Waals surface area contributed by atoms with Crippen LogP contribution in [0.5, 0.6) is 0 Å². The minimum absolute atomic E-state index is 0.0454. The average Bonchev–Trinajstić information content (AvgIpc) is 1.98. The van der Waals surface area contributed by atoms with Gasteiger partial charge >= 0.3 is 0 Å². The highest BCUT2D eigenvalue weighted by molar-refractivity contribution is 4.63. The molecule has 0 rings (SSSR count). The highest BCUT2D eigenvalue weighted by atomic mass is 16.5. The van der Waals surface area contributed by atoms with E-state index >= 15 is 0 Å². The van der Waals surface area contributed by atoms with Gasteiger partial charge in [0.25, 0.3) is 0 Å². The van der Waals surface area contributed by atoms with E-state index in [0.717, 1.165) is 0 Å². The van der Waals surface area contributed by atoms with Gasteiger partial charge < -0.3 is 20.1 Å². The quantitative estimate of drug-likeness (QED) is 0.531. The van der Waals surface area contributed by atoms with Crippen LogP contribution in [0.3, 0.4) is 0 Å². The van der Waals surface area contributed by atoms with Gasteiger partial charge in [0.05, 0.1) is 24.9 Å². The van der Waals surface area contributed by atoms with Crippen LogP contribution in [0.2, 0.25) is 0 Å². The molecule has 0 spiro atoms. The molecule has 0 bridgehead atoms. The summed E-state index contributed by atoms with van der Waals surface area (Å²) in [5.41, 5.74) is 0. The average molecular weight is 178 g/mol. The van der Waals surface area contributed by atoms with Gasteiger partial charge in [-0.25, -0.2) is 0 Å². The maximum atomic E-state index is 9.10. The van der Waals surface area contributed by atoms with Crippen molar-refractivity contribution in [3.05, 3.63) is 0 Å². The van der Waals surface area contributed by atoms with Crippen LogP contribution < -0.4 is 0 Å². The second-order valence-electron chi connectivity index (χ2n) is 3.09. The highest BCUT2D eigenvalue weighted by Gasteiger charge is 2.15. The first-order valence-corrected chi connectivity index (χ1v) is 4.11. The number of aliphatic hydroxyl groups excluding tert-OH is 3. The summed E-state index contributed by atoms with van der Waals surface area (Å²) in [6, 6.07) is 0. The van der Waals surface area contributed by atoms with Gasteiger partial charge in [0.2, 0.25) is 0 Å². The van der Waals surface area contributed by atoms with Crippen LogP contribution in [0, 0.1) is 0 Å². The fraction of sp³-hybridized carbons (Fsp3) is 1.00. The lowest BCUT2D eigenvalue weighted by atomic mass is 10.2. The fourth-order valence-corrected chi connectivity index (χ4v) is 0.529. The normalized spacial score (nSPS) is 21.5. The van der Waals surface area contributed by atoms with Crippen molar-refractivity contribution in [3.63, 3.8) is 0 Å². The first-order chi connectivity index (χ1) is 5.45. The Morgan fingerprint density at radius 2 is 1.50 bits per heavy atom. The number of rotatable bonds is 5. The van der Waals surface area contributed by atoms with Crippen molar-refractivity contribution in [2.75, 3.05) is 6.61 Å². The molecule has 0 heterocycles. The second-order valence-corrected chi connectivity index (χ2v) is 3.09. The fourth-order valence-electron chi connectivity index (χ4n) is 0.529. The molecule has 74 valence electrons. The summed E-state index contributed by atoms with van der Waals surface area (Å²) in [5, 5.41) is 27.0. The molecule has 3 N–H and O–H groups in total. The Bertz CT molecular complexity index is 99.6. The molecular formula is C8H18O4. The first-order valence-electron chi connectivity index (χ1n) is 4.11. The zero-order valence-corrected chi connectivity index (χ0v) is 7.77. The third kappa shape index (κ3) is 4.66. The molecule has 0 aliphatic carbocycles. The van der Waals surface area contributed by atoms with Crippen LogP contribution in [0.4, 0.5) is 0 Å². The van der Waals surface area contributed by atoms with E-state index in [1.54, 1.807) is 13.8 Å². The predicted octanol–water partition coefficient (Wildman–Crippen LogP) is -0.486. The van der Waals surface area contributed by atoms with E-state index in [1.807, 2.05) is 0 Å². The summed E-state index contributed by atoms with van der Waals surface area (Å²) >= 11 is 0. The lowest BCUT2D eigenvalue weighted by Gasteiger charge is -2.19. The molecule has 0 aliphatic heterocycles. The maximum Gasteiger partial charge on any atom is 0.103 e. The van der Waals surface area contributed by atoms with E-state index in [-0.39, 0.29) is 12.7 Å². The molecule has 0 aliphatic rings. The van der Waals surface area contributed by atoms with Crippen LogP contribution in [0.15, 0.2) is 0 Å². The topological polar surface area (TPSA) is 69.9 Å². The van der Waals surface area contributed by atoms with Crippen molar-refractivity contribution >= 4 is 0 Å². The van der Waals surface area contributed by atoms with Gasteiger partial charge in [0.15, 0.2) is 0 Å². The Balaban J connectivity index is 3.54. The molecule has 12 heavy (non-hydrogen) atoms. The monoisotopic (exact) mass is 178 g/mol. The van der Waals surface area contributed by atoms with Gasteiger partial charge in [0, 0.05) is 0 Å². The smallest absolute Gasteiger partial charge is 0.103 e. The van der Waals surface area contributed by atoms with Crippen molar-refractivity contribution in [2.45, 2.75) is 45.2 Å². The van der Waals surface area contributed by atoms with Crippen molar-refractivity contribution < 1.29 is 20.1 Å². The number of ether oxygens (including phenoxy) is 1. The lowest BCUT2D eigenvalue weighted by Crippen LogP contribution is -2.32. The first kappa shape index (κ1) is 11.8. The predicted molar refractivity (Wildman–Crippen MR) is 44.8 cm³/mol. The van der Waals surface area contributed by atoms with Gasteiger partial charge in [-0.05, 0) is 20.8 Å². The van der Waals surface area contributed by atoms with Crippen LogP contribution >= 0.6 is 0 Å². The lowest BCUT2D eigenvalue weighted by molar-refractivity contribution is -0.0789. The standard InChI is InChI=1S/C8H18O4/c1-5(9)7(3)12-4-8(11)6(2)10/h5-11H,4H2,1-3H3. The third-order valence-electron chi connectivity index (χ3n) is 1.77. The number of hydrogen-bond donors (Lipinski definition) is 3. The van der Waals surface area contributed by atoms with E-state index < -0.39 is 18.3 Å². The van der Waals surface area contributed by atoms with Crippen LogP contribution in [-0.2, 0) is 4.74 Å². The molecule has 0 fully saturated rings. The van der Waals surface area contributed by atoms with Crippen molar-refractivity contribution in [2.24, 2.45) is 0 Å². The molecular weight excluding hydrogens is 160 g/mol. The van der Waals surface area contributed by atoms with Crippen LogP contribution in [0.25, 0.3) is 0 Å². The minimum Gasteiger partial charge on any atom is -0.391 e. The molecule has 0 aromatic heterocycles. The Morgan fingerprint density at radius 1 is 1.00 bits per heavy atom. The summed E-state index contributed by atoms with van der Waals surface area (Å²) in [7, 11) is 0. The highest BCUT2D eigenvalue weighted by Crippen LogP contribution is 2.00. The van der Waals surface area contributed by atoms with Crippen LogP contribution in [-0.4, -0.2) is 46.3 Å². The molecule has 0 aromatic rings. The van der Waals surface area contributed by atoms with E-state index in [0.29, 0.717) is 0 Å². The molecule has 4 nitrogen and oxygen atoms in total. The third-order valence-corrected chi connectivity index (χ3v) is 1.77. The van der Waals surface area contributed by atoms with E-state index in [4.69, 9.17) is 20.1 Å². The van der Waals surface area contributed by atoms with Crippen molar-refractivity contribution in [1.29, 1.82) is 0 Å². The number of hydrogen-bond acceptors (Lipinski definition) is 4. The molecule has 0 amide bonds. The van der Waals surface area contributed by atoms with Crippen LogP contribution in [0.1, 0.15) is 20.8 Å². The van der Waals surface area contributed by atoms with Crippen molar-refractivity contribution in [3.8, 4) is 0 Å². The van der Waals surface area contributed by atoms with Crippen molar-refractivity contribution in [1.82, 2.24) is 0 Å². The van der Waals surface area contributed by atoms with E-state index in [1.165, 1.54) is 6.92 Å². The maximum absolute atomic E-state index is 9.10. The Morgan fingerprint density at radius 3 is 1.83 bits per heavy atom. The van der Waals surface area contributed by atoms with Gasteiger partial charge in [0.1, 0.15) is 6.10 Å². The molecule has 0 radical (unpaired) electrons. The van der Waals surface area contributed by atoms with Gasteiger partial charge in [-0.3, -0.25) is 0 Å². The summed E-state index contributed by atoms with van der Waals surface area (Å²) in [5.74, 6) is 0. The molecule has 4 unspecified atom stereocenters. The van der Waals surface area contributed by atoms with Gasteiger partial charge in [-0.15, -0.1) is 0 Å². The SMILES string of the molecule is CC(O)C(O)COC(C)C(C)O.